The zero-order valence-corrected chi connectivity index (χ0v) is 12.6. The highest BCUT2D eigenvalue weighted by Gasteiger charge is 2.53. The second-order valence-corrected chi connectivity index (χ2v) is 5.81. The van der Waals surface area contributed by atoms with Crippen LogP contribution in [0.25, 0.3) is 0 Å². The summed E-state index contributed by atoms with van der Waals surface area (Å²) in [6.07, 6.45) is 0.544. The topological polar surface area (TPSA) is 68.3 Å². The molecule has 2 unspecified atom stereocenters. The molecule has 118 valence electrons. The van der Waals surface area contributed by atoms with Gasteiger partial charge in [0.1, 0.15) is 17.6 Å². The molecule has 6 heteroatoms. The van der Waals surface area contributed by atoms with Crippen LogP contribution >= 0.6 is 0 Å². The fourth-order valence-corrected chi connectivity index (χ4v) is 3.04. The number of amides is 1. The predicted octanol–water partition coefficient (Wildman–Crippen LogP) is 2.82. The molecule has 2 heterocycles. The van der Waals surface area contributed by atoms with E-state index in [1.165, 1.54) is 6.07 Å². The van der Waals surface area contributed by atoms with Crippen molar-refractivity contribution in [3.63, 3.8) is 0 Å². The van der Waals surface area contributed by atoms with E-state index in [-0.39, 0.29) is 23.6 Å². The van der Waals surface area contributed by atoms with Crippen LogP contribution in [0.2, 0.25) is 0 Å². The van der Waals surface area contributed by atoms with Crippen LogP contribution in [0.4, 0.5) is 10.1 Å². The molecule has 0 aromatic heterocycles. The second kappa shape index (κ2) is 5.46. The standard InChI is InChI=1S/C18H13FN4O/c19-14-7-6-11(8-12(14)10-20)17-16-9-15(22-23(16)17)18(24)21-13-4-2-1-3-5-13/h1-8,16-17H,9H2,(H,21,24). The number of fused-ring (bicyclic) bond motifs is 1. The highest BCUT2D eigenvalue weighted by molar-refractivity contribution is 6.43. The number of benzene rings is 2. The number of rotatable bonds is 3. The quantitative estimate of drug-likeness (QED) is 0.884. The number of hydrogen-bond acceptors (Lipinski definition) is 4. The Labute approximate surface area is 138 Å². The Morgan fingerprint density at radius 2 is 2.08 bits per heavy atom. The molecule has 4 rings (SSSR count). The first kappa shape index (κ1) is 14.4. The van der Waals surface area contributed by atoms with Crippen molar-refractivity contribution in [2.24, 2.45) is 5.10 Å². The SMILES string of the molecule is N#Cc1cc(C2C3CC(C(=O)Nc4ccccc4)=NN32)ccc1F. The average Bonchev–Trinajstić information content (AvgIpc) is 3.09. The van der Waals surface area contributed by atoms with Crippen LogP contribution in [0.15, 0.2) is 53.6 Å². The van der Waals surface area contributed by atoms with Gasteiger partial charge in [-0.3, -0.25) is 9.80 Å². The van der Waals surface area contributed by atoms with Crippen molar-refractivity contribution in [1.82, 2.24) is 5.01 Å². The number of carbonyl (C=O) groups excluding carboxylic acids is 1. The minimum absolute atomic E-state index is 0.0194. The lowest BCUT2D eigenvalue weighted by molar-refractivity contribution is -0.110. The van der Waals surface area contributed by atoms with Crippen LogP contribution in [0.3, 0.4) is 0 Å². The molecule has 1 saturated heterocycles. The number of carbonyl (C=O) groups is 1. The van der Waals surface area contributed by atoms with Crippen molar-refractivity contribution in [3.05, 3.63) is 65.5 Å². The number of nitriles is 1. The van der Waals surface area contributed by atoms with Gasteiger partial charge >= 0.3 is 0 Å². The smallest absolute Gasteiger partial charge is 0.271 e. The Bertz CT molecular complexity index is 888. The van der Waals surface area contributed by atoms with Gasteiger partial charge in [0.15, 0.2) is 0 Å². The number of para-hydroxylation sites is 1. The lowest BCUT2D eigenvalue weighted by Gasteiger charge is -2.07. The summed E-state index contributed by atoms with van der Waals surface area (Å²) in [7, 11) is 0. The molecule has 2 aromatic carbocycles. The molecule has 2 aromatic rings. The van der Waals surface area contributed by atoms with Crippen LogP contribution in [0.1, 0.15) is 23.6 Å². The van der Waals surface area contributed by atoms with E-state index in [1.807, 2.05) is 41.4 Å². The number of anilines is 1. The van der Waals surface area contributed by atoms with Gasteiger partial charge < -0.3 is 5.32 Å². The van der Waals surface area contributed by atoms with E-state index in [2.05, 4.69) is 10.4 Å². The van der Waals surface area contributed by atoms with E-state index in [4.69, 9.17) is 5.26 Å². The predicted molar refractivity (Wildman–Crippen MR) is 86.6 cm³/mol. The molecule has 1 amide bonds. The zero-order chi connectivity index (χ0) is 16.7. The molecule has 1 fully saturated rings. The van der Waals surface area contributed by atoms with Gasteiger partial charge in [-0.25, -0.2) is 4.39 Å². The maximum absolute atomic E-state index is 13.4. The molecule has 2 aliphatic rings. The highest BCUT2D eigenvalue weighted by Crippen LogP contribution is 2.49. The molecule has 1 N–H and O–H groups in total. The van der Waals surface area contributed by atoms with Crippen molar-refractivity contribution in [1.29, 1.82) is 5.26 Å². The maximum Gasteiger partial charge on any atom is 0.271 e. The van der Waals surface area contributed by atoms with Crippen LogP contribution < -0.4 is 5.32 Å². The first-order valence-corrected chi connectivity index (χ1v) is 7.59. The molecule has 0 saturated carbocycles. The Kier molecular flexibility index (Phi) is 3.28. The highest BCUT2D eigenvalue weighted by atomic mass is 19.1. The first-order valence-electron chi connectivity index (χ1n) is 7.59. The molecule has 5 nitrogen and oxygen atoms in total. The van der Waals surface area contributed by atoms with Crippen molar-refractivity contribution in [3.8, 4) is 6.07 Å². The molecule has 0 aliphatic carbocycles. The largest absolute Gasteiger partial charge is 0.321 e. The number of nitrogens with one attached hydrogen (secondary N) is 1. The van der Waals surface area contributed by atoms with E-state index >= 15 is 0 Å². The fourth-order valence-electron chi connectivity index (χ4n) is 3.04. The molecular formula is C18H13FN4O. The van der Waals surface area contributed by atoms with Gasteiger partial charge in [-0.1, -0.05) is 24.3 Å². The Balaban J connectivity index is 1.46. The summed E-state index contributed by atoms with van der Waals surface area (Å²) in [5.41, 5.74) is 2.10. The van der Waals surface area contributed by atoms with Gasteiger partial charge in [-0.05, 0) is 29.8 Å². The fraction of sp³-hybridized carbons (Fsp3) is 0.167. The number of nitrogens with zero attached hydrogens (tertiary/aromatic N) is 3. The normalized spacial score (nSPS) is 20.8. The van der Waals surface area contributed by atoms with E-state index in [9.17, 15) is 9.18 Å². The molecule has 0 radical (unpaired) electrons. The van der Waals surface area contributed by atoms with Crippen molar-refractivity contribution in [2.75, 3.05) is 5.32 Å². The van der Waals surface area contributed by atoms with Gasteiger partial charge in [0.2, 0.25) is 0 Å². The molecular weight excluding hydrogens is 307 g/mol. The lowest BCUT2D eigenvalue weighted by atomic mass is 10.0. The third-order valence-electron chi connectivity index (χ3n) is 4.28. The van der Waals surface area contributed by atoms with E-state index in [0.717, 1.165) is 11.3 Å². The summed E-state index contributed by atoms with van der Waals surface area (Å²) in [4.78, 5) is 12.2. The number of hydrogen-bond donors (Lipinski definition) is 1. The molecule has 0 bridgehead atoms. The van der Waals surface area contributed by atoms with E-state index < -0.39 is 5.82 Å². The molecule has 2 atom stereocenters. The van der Waals surface area contributed by atoms with Crippen LogP contribution in [0, 0.1) is 17.1 Å². The molecule has 0 spiro atoms. The molecule has 2 aliphatic heterocycles. The summed E-state index contributed by atoms with van der Waals surface area (Å²) < 4.78 is 13.4. The van der Waals surface area contributed by atoms with Gasteiger partial charge in [0, 0.05) is 12.1 Å². The van der Waals surface area contributed by atoms with Crippen LogP contribution in [0.5, 0.6) is 0 Å². The van der Waals surface area contributed by atoms with Crippen LogP contribution in [-0.2, 0) is 4.79 Å². The molecule has 24 heavy (non-hydrogen) atoms. The monoisotopic (exact) mass is 320 g/mol. The van der Waals surface area contributed by atoms with Crippen LogP contribution in [-0.4, -0.2) is 22.7 Å². The summed E-state index contributed by atoms with van der Waals surface area (Å²) >= 11 is 0. The van der Waals surface area contributed by atoms with Gasteiger partial charge in [-0.2, -0.15) is 10.4 Å². The summed E-state index contributed by atoms with van der Waals surface area (Å²) in [6.45, 7) is 0. The van der Waals surface area contributed by atoms with Gasteiger partial charge in [0.05, 0.1) is 17.6 Å². The second-order valence-electron chi connectivity index (χ2n) is 5.81. The average molecular weight is 320 g/mol. The Morgan fingerprint density at radius 3 is 2.75 bits per heavy atom. The summed E-state index contributed by atoms with van der Waals surface area (Å²) in [5.74, 6) is -0.725. The van der Waals surface area contributed by atoms with Gasteiger partial charge in [0.25, 0.3) is 5.91 Å². The third-order valence-corrected chi connectivity index (χ3v) is 4.28. The third kappa shape index (κ3) is 2.40. The zero-order valence-electron chi connectivity index (χ0n) is 12.6. The lowest BCUT2D eigenvalue weighted by Crippen LogP contribution is -2.23. The van der Waals surface area contributed by atoms with E-state index in [1.54, 1.807) is 12.1 Å². The Morgan fingerprint density at radius 1 is 1.29 bits per heavy atom. The first-order chi connectivity index (χ1) is 11.7. The van der Waals surface area contributed by atoms with Crippen molar-refractivity contribution < 1.29 is 9.18 Å². The minimum atomic E-state index is -0.520. The maximum atomic E-state index is 13.4. The van der Waals surface area contributed by atoms with Gasteiger partial charge in [-0.15, -0.1) is 0 Å². The minimum Gasteiger partial charge on any atom is -0.321 e. The number of hydrazone groups is 1. The number of halogens is 1. The van der Waals surface area contributed by atoms with Crippen molar-refractivity contribution in [2.45, 2.75) is 18.5 Å². The van der Waals surface area contributed by atoms with Crippen molar-refractivity contribution >= 4 is 17.3 Å². The summed E-state index contributed by atoms with van der Waals surface area (Å²) in [6, 6.07) is 15.7. The summed E-state index contributed by atoms with van der Waals surface area (Å²) in [5, 5.41) is 17.9. The Hall–Kier alpha value is -3.20. The van der Waals surface area contributed by atoms with E-state index in [0.29, 0.717) is 12.1 Å².